The third-order valence-electron chi connectivity index (χ3n) is 4.99. The maximum Gasteiger partial charge on any atom is 0.312 e. The number of hydrogen-bond donors (Lipinski definition) is 3. The molecular weight excluding hydrogens is 310 g/mol. The van der Waals surface area contributed by atoms with E-state index in [1.54, 1.807) is 0 Å². The summed E-state index contributed by atoms with van der Waals surface area (Å²) >= 11 is 0. The van der Waals surface area contributed by atoms with Gasteiger partial charge in [-0.15, -0.1) is 0 Å². The number of urea groups is 1. The zero-order chi connectivity index (χ0) is 17.6. The van der Waals surface area contributed by atoms with Crippen molar-refractivity contribution in [2.24, 2.45) is 11.7 Å². The monoisotopic (exact) mass is 337 g/mol. The van der Waals surface area contributed by atoms with E-state index in [-0.39, 0.29) is 0 Å². The van der Waals surface area contributed by atoms with Crippen LogP contribution < -0.4 is 16.4 Å². The molecule has 2 amide bonds. The number of primary amides is 1. The summed E-state index contributed by atoms with van der Waals surface area (Å²) in [5, 5.41) is 6.09. The fraction of sp³-hybridized carbons (Fsp3) is 0.381. The van der Waals surface area contributed by atoms with Gasteiger partial charge in [-0.25, -0.2) is 4.79 Å². The minimum absolute atomic E-state index is 0.456. The Morgan fingerprint density at radius 1 is 1.16 bits per heavy atom. The van der Waals surface area contributed by atoms with Crippen molar-refractivity contribution >= 4 is 6.03 Å². The first-order valence-corrected chi connectivity index (χ1v) is 9.04. The van der Waals surface area contributed by atoms with E-state index in [0.717, 1.165) is 31.0 Å². The molecule has 0 aliphatic carbocycles. The molecule has 0 bridgehead atoms. The zero-order valence-electron chi connectivity index (χ0n) is 14.8. The molecule has 132 valence electrons. The topological polar surface area (TPSA) is 67.1 Å². The highest BCUT2D eigenvalue weighted by molar-refractivity contribution is 5.72. The van der Waals surface area contributed by atoms with Gasteiger partial charge in [0.05, 0.1) is 0 Å². The van der Waals surface area contributed by atoms with Gasteiger partial charge in [-0.1, -0.05) is 36.4 Å². The molecule has 4 nitrogen and oxygen atoms in total. The Kier molecular flexibility index (Phi) is 5.71. The van der Waals surface area contributed by atoms with Crippen molar-refractivity contribution in [3.63, 3.8) is 0 Å². The molecule has 0 spiro atoms. The van der Waals surface area contributed by atoms with E-state index in [1.165, 1.54) is 35.1 Å². The Hall–Kier alpha value is -2.33. The molecule has 0 aromatic heterocycles. The Labute approximate surface area is 149 Å². The van der Waals surface area contributed by atoms with Crippen molar-refractivity contribution in [3.8, 4) is 11.1 Å². The summed E-state index contributed by atoms with van der Waals surface area (Å²) < 4.78 is 0. The lowest BCUT2D eigenvalue weighted by molar-refractivity contribution is 0.248. The van der Waals surface area contributed by atoms with E-state index in [9.17, 15) is 4.79 Å². The molecule has 4 N–H and O–H groups in total. The molecule has 0 radical (unpaired) electrons. The number of rotatable bonds is 5. The fourth-order valence-corrected chi connectivity index (χ4v) is 3.56. The summed E-state index contributed by atoms with van der Waals surface area (Å²) in [6.07, 6.45) is 3.67. The van der Waals surface area contributed by atoms with Crippen LogP contribution in [0, 0.1) is 12.8 Å². The summed E-state index contributed by atoms with van der Waals surface area (Å²) in [5.74, 6) is 0.781. The second kappa shape index (κ2) is 8.17. The minimum atomic E-state index is -0.494. The summed E-state index contributed by atoms with van der Waals surface area (Å²) in [5.41, 5.74) is 11.3. The highest BCUT2D eigenvalue weighted by Crippen LogP contribution is 2.27. The van der Waals surface area contributed by atoms with Gasteiger partial charge in [0.15, 0.2) is 0 Å². The molecule has 1 saturated heterocycles. The van der Waals surface area contributed by atoms with Crippen LogP contribution in [0.25, 0.3) is 11.1 Å². The molecule has 4 heteroatoms. The van der Waals surface area contributed by atoms with Crippen LogP contribution in [0.2, 0.25) is 0 Å². The number of amides is 2. The maximum atomic E-state index is 10.9. The van der Waals surface area contributed by atoms with Gasteiger partial charge in [0.2, 0.25) is 0 Å². The van der Waals surface area contributed by atoms with Crippen molar-refractivity contribution in [3.05, 3.63) is 59.2 Å². The number of hydrogen-bond acceptors (Lipinski definition) is 2. The van der Waals surface area contributed by atoms with Gasteiger partial charge in [-0.2, -0.15) is 0 Å². The van der Waals surface area contributed by atoms with Crippen molar-refractivity contribution in [1.82, 2.24) is 10.6 Å². The second-order valence-electron chi connectivity index (χ2n) is 6.96. The number of carbonyl (C=O) groups excluding carboxylic acids is 1. The van der Waals surface area contributed by atoms with Gasteiger partial charge in [0.1, 0.15) is 0 Å². The number of carbonyl (C=O) groups is 1. The zero-order valence-corrected chi connectivity index (χ0v) is 14.8. The van der Waals surface area contributed by atoms with E-state index in [4.69, 9.17) is 5.73 Å². The van der Waals surface area contributed by atoms with Gasteiger partial charge < -0.3 is 16.4 Å². The van der Waals surface area contributed by atoms with Crippen molar-refractivity contribution in [2.75, 3.05) is 13.1 Å². The Balaban J connectivity index is 1.79. The van der Waals surface area contributed by atoms with Crippen LogP contribution in [-0.2, 0) is 13.0 Å². The molecule has 0 unspecified atom stereocenters. The summed E-state index contributed by atoms with van der Waals surface area (Å²) in [6, 6.07) is 14.7. The molecule has 1 aliphatic rings. The number of piperidine rings is 1. The lowest BCUT2D eigenvalue weighted by atomic mass is 9.89. The van der Waals surface area contributed by atoms with Crippen molar-refractivity contribution in [2.45, 2.75) is 32.7 Å². The van der Waals surface area contributed by atoms with E-state index in [1.807, 2.05) is 6.07 Å². The normalized spacial score (nSPS) is 15.1. The van der Waals surface area contributed by atoms with Crippen LogP contribution in [-0.4, -0.2) is 19.1 Å². The SMILES string of the molecule is Cc1ccc(CNC(N)=O)cc1-c1cccc(CC2CCNCC2)c1. The number of nitrogens with one attached hydrogen (secondary N) is 2. The van der Waals surface area contributed by atoms with Gasteiger partial charge in [-0.05, 0) is 79.1 Å². The van der Waals surface area contributed by atoms with Crippen molar-refractivity contribution in [1.29, 1.82) is 0 Å². The van der Waals surface area contributed by atoms with Gasteiger partial charge in [0.25, 0.3) is 0 Å². The van der Waals surface area contributed by atoms with Gasteiger partial charge >= 0.3 is 6.03 Å². The predicted molar refractivity (Wildman–Crippen MR) is 102 cm³/mol. The lowest BCUT2D eigenvalue weighted by Gasteiger charge is -2.22. The molecule has 25 heavy (non-hydrogen) atoms. The summed E-state index contributed by atoms with van der Waals surface area (Å²) in [4.78, 5) is 10.9. The summed E-state index contributed by atoms with van der Waals surface area (Å²) in [6.45, 7) is 4.86. The van der Waals surface area contributed by atoms with Crippen LogP contribution in [0.4, 0.5) is 4.79 Å². The molecule has 2 aromatic carbocycles. The molecule has 3 rings (SSSR count). The van der Waals surface area contributed by atoms with Gasteiger partial charge in [-0.3, -0.25) is 0 Å². The highest BCUT2D eigenvalue weighted by atomic mass is 16.2. The number of nitrogens with two attached hydrogens (primary N) is 1. The quantitative estimate of drug-likeness (QED) is 0.783. The third kappa shape index (κ3) is 4.83. The molecule has 1 fully saturated rings. The Bertz CT molecular complexity index is 736. The average molecular weight is 337 g/mol. The first-order chi connectivity index (χ1) is 12.1. The first kappa shape index (κ1) is 17.5. The average Bonchev–Trinajstić information content (AvgIpc) is 2.62. The highest BCUT2D eigenvalue weighted by Gasteiger charge is 2.14. The van der Waals surface area contributed by atoms with E-state index < -0.39 is 6.03 Å². The van der Waals surface area contributed by atoms with E-state index in [2.05, 4.69) is 54.0 Å². The summed E-state index contributed by atoms with van der Waals surface area (Å²) in [7, 11) is 0. The molecule has 0 saturated carbocycles. The largest absolute Gasteiger partial charge is 0.352 e. The molecule has 0 atom stereocenters. The van der Waals surface area contributed by atoms with Crippen molar-refractivity contribution < 1.29 is 4.79 Å². The minimum Gasteiger partial charge on any atom is -0.352 e. The van der Waals surface area contributed by atoms with E-state index >= 15 is 0 Å². The lowest BCUT2D eigenvalue weighted by Crippen LogP contribution is -2.28. The smallest absolute Gasteiger partial charge is 0.312 e. The second-order valence-corrected chi connectivity index (χ2v) is 6.96. The number of aryl methyl sites for hydroxylation is 1. The Morgan fingerprint density at radius 2 is 1.96 bits per heavy atom. The van der Waals surface area contributed by atoms with Crippen LogP contribution in [0.1, 0.15) is 29.5 Å². The van der Waals surface area contributed by atoms with E-state index in [0.29, 0.717) is 6.54 Å². The molecular formula is C21H27N3O. The van der Waals surface area contributed by atoms with Crippen LogP contribution >= 0.6 is 0 Å². The standard InChI is InChI=1S/C21H27N3O/c1-15-5-6-18(14-24-21(22)25)13-20(15)19-4-2-3-17(12-19)11-16-7-9-23-10-8-16/h2-6,12-13,16,23H,7-11,14H2,1H3,(H3,22,24,25). The third-order valence-corrected chi connectivity index (χ3v) is 4.99. The molecule has 1 aliphatic heterocycles. The molecule has 2 aromatic rings. The predicted octanol–water partition coefficient (Wildman–Crippen LogP) is 3.37. The maximum absolute atomic E-state index is 10.9. The van der Waals surface area contributed by atoms with Crippen LogP contribution in [0.5, 0.6) is 0 Å². The fourth-order valence-electron chi connectivity index (χ4n) is 3.56. The van der Waals surface area contributed by atoms with Gasteiger partial charge in [0, 0.05) is 6.54 Å². The first-order valence-electron chi connectivity index (χ1n) is 9.04. The number of benzene rings is 2. The Morgan fingerprint density at radius 3 is 2.72 bits per heavy atom. The van der Waals surface area contributed by atoms with Crippen LogP contribution in [0.15, 0.2) is 42.5 Å². The van der Waals surface area contributed by atoms with Crippen LogP contribution in [0.3, 0.4) is 0 Å². The molecule has 1 heterocycles.